The van der Waals surface area contributed by atoms with Crippen molar-refractivity contribution >= 4 is 0 Å². The molecule has 0 N–H and O–H groups in total. The zero-order valence-electron chi connectivity index (χ0n) is 9.29. The fraction of sp³-hybridized carbons (Fsp3) is 0.286. The third-order valence-electron chi connectivity index (χ3n) is 1.85. The highest BCUT2D eigenvalue weighted by Gasteiger charge is 1.98. The maximum absolute atomic E-state index is 3.75. The van der Waals surface area contributed by atoms with Gasteiger partial charge in [-0.15, -0.1) is 0 Å². The van der Waals surface area contributed by atoms with Gasteiger partial charge in [-0.05, 0) is 24.0 Å². The van der Waals surface area contributed by atoms with E-state index in [-0.39, 0.29) is 0 Å². The monoisotopic (exact) mass is 188 g/mol. The highest BCUT2D eigenvalue weighted by atomic mass is 14.0. The highest BCUT2D eigenvalue weighted by Crippen LogP contribution is 2.18. The van der Waals surface area contributed by atoms with Crippen LogP contribution in [0.4, 0.5) is 0 Å². The van der Waals surface area contributed by atoms with Crippen LogP contribution in [0.5, 0.6) is 0 Å². The molecule has 0 atom stereocenters. The van der Waals surface area contributed by atoms with Crippen LogP contribution >= 0.6 is 0 Å². The molecule has 0 fully saturated rings. The molecule has 0 unspecified atom stereocenters. The number of allylic oxidation sites excluding steroid dienone is 8. The van der Waals surface area contributed by atoms with Crippen LogP contribution in [-0.2, 0) is 0 Å². The second-order valence-electron chi connectivity index (χ2n) is 2.78. The van der Waals surface area contributed by atoms with Crippen LogP contribution in [0.25, 0.3) is 0 Å². The molecule has 0 bridgehead atoms. The first kappa shape index (κ1) is 12.7. The number of hydrogen-bond donors (Lipinski definition) is 0. The van der Waals surface area contributed by atoms with Crippen LogP contribution in [0, 0.1) is 0 Å². The molecular weight excluding hydrogens is 168 g/mol. The highest BCUT2D eigenvalue weighted by molar-refractivity contribution is 5.35. The van der Waals surface area contributed by atoms with E-state index in [1.54, 1.807) is 6.08 Å². The van der Waals surface area contributed by atoms with Gasteiger partial charge in [-0.1, -0.05) is 63.5 Å². The Morgan fingerprint density at radius 2 is 2.14 bits per heavy atom. The Hall–Kier alpha value is -1.30. The van der Waals surface area contributed by atoms with Gasteiger partial charge in [0.1, 0.15) is 0 Å². The van der Waals surface area contributed by atoms with Gasteiger partial charge in [0.05, 0.1) is 0 Å². The molecule has 0 heteroatoms. The SMILES string of the molecule is C=C/C=C(\C=C)CC1=CCC=C1.CC. The van der Waals surface area contributed by atoms with Crippen molar-refractivity contribution in [3.63, 3.8) is 0 Å². The summed E-state index contributed by atoms with van der Waals surface area (Å²) >= 11 is 0. The molecule has 0 saturated heterocycles. The van der Waals surface area contributed by atoms with Gasteiger partial charge in [0.2, 0.25) is 0 Å². The summed E-state index contributed by atoms with van der Waals surface area (Å²) in [7, 11) is 0. The molecule has 0 saturated carbocycles. The summed E-state index contributed by atoms with van der Waals surface area (Å²) in [5.41, 5.74) is 2.60. The average Bonchev–Trinajstić information content (AvgIpc) is 2.73. The summed E-state index contributed by atoms with van der Waals surface area (Å²) in [4.78, 5) is 0. The van der Waals surface area contributed by atoms with E-state index in [0.717, 1.165) is 12.8 Å². The van der Waals surface area contributed by atoms with E-state index in [4.69, 9.17) is 0 Å². The van der Waals surface area contributed by atoms with Crippen molar-refractivity contribution in [3.05, 3.63) is 60.8 Å². The Balaban J connectivity index is 0.000000791. The summed E-state index contributed by atoms with van der Waals surface area (Å²) in [6.45, 7) is 11.4. The molecule has 1 aliphatic rings. The molecule has 14 heavy (non-hydrogen) atoms. The smallest absolute Gasteiger partial charge is 0.00292 e. The van der Waals surface area contributed by atoms with E-state index >= 15 is 0 Å². The molecule has 0 aliphatic heterocycles. The van der Waals surface area contributed by atoms with Crippen LogP contribution in [0.3, 0.4) is 0 Å². The number of rotatable bonds is 4. The maximum Gasteiger partial charge on any atom is -0.00292 e. The third kappa shape index (κ3) is 4.66. The molecule has 1 aliphatic carbocycles. The average molecular weight is 188 g/mol. The van der Waals surface area contributed by atoms with Gasteiger partial charge >= 0.3 is 0 Å². The van der Waals surface area contributed by atoms with E-state index in [1.807, 2.05) is 26.0 Å². The normalized spacial score (nSPS) is 14.1. The van der Waals surface area contributed by atoms with Gasteiger partial charge in [0.15, 0.2) is 0 Å². The van der Waals surface area contributed by atoms with Crippen LogP contribution < -0.4 is 0 Å². The minimum Gasteiger partial charge on any atom is -0.0991 e. The lowest BCUT2D eigenvalue weighted by molar-refractivity contribution is 1.21. The maximum atomic E-state index is 3.75. The Bertz CT molecular complexity index is 262. The Labute approximate surface area is 88.0 Å². The van der Waals surface area contributed by atoms with E-state index in [2.05, 4.69) is 31.4 Å². The molecule has 0 amide bonds. The summed E-state index contributed by atoms with van der Waals surface area (Å²) in [5.74, 6) is 0. The minimum absolute atomic E-state index is 0.978. The molecule has 0 aromatic heterocycles. The fourth-order valence-corrected chi connectivity index (χ4v) is 1.22. The first-order chi connectivity index (χ1) is 6.86. The molecule has 0 radical (unpaired) electrons. The Kier molecular flexibility index (Phi) is 7.53. The summed E-state index contributed by atoms with van der Waals surface area (Å²) in [6.07, 6.45) is 14.3. The second-order valence-corrected chi connectivity index (χ2v) is 2.78. The summed E-state index contributed by atoms with van der Waals surface area (Å²) in [5, 5.41) is 0. The molecule has 76 valence electrons. The van der Waals surface area contributed by atoms with Crippen LogP contribution in [0.15, 0.2) is 60.8 Å². The van der Waals surface area contributed by atoms with Gasteiger partial charge in [0.25, 0.3) is 0 Å². The van der Waals surface area contributed by atoms with E-state index in [0.29, 0.717) is 0 Å². The van der Waals surface area contributed by atoms with Crippen LogP contribution in [0.2, 0.25) is 0 Å². The quantitative estimate of drug-likeness (QED) is 0.566. The topological polar surface area (TPSA) is 0 Å². The molecular formula is C14H20. The summed E-state index contributed by atoms with van der Waals surface area (Å²) in [6, 6.07) is 0. The van der Waals surface area contributed by atoms with Gasteiger partial charge < -0.3 is 0 Å². The van der Waals surface area contributed by atoms with Gasteiger partial charge in [0, 0.05) is 0 Å². The summed E-state index contributed by atoms with van der Waals surface area (Å²) < 4.78 is 0. The molecule has 0 aromatic rings. The molecule has 0 spiro atoms. The van der Waals surface area contributed by atoms with Crippen molar-refractivity contribution in [1.82, 2.24) is 0 Å². The van der Waals surface area contributed by atoms with Gasteiger partial charge in [-0.25, -0.2) is 0 Å². The predicted octanol–water partition coefficient (Wildman–Crippen LogP) is 4.59. The largest absolute Gasteiger partial charge is 0.0991 e. The molecule has 0 heterocycles. The van der Waals surface area contributed by atoms with Crippen LogP contribution in [0.1, 0.15) is 26.7 Å². The standard InChI is InChI=1S/C12H14.C2H6/c1-3-7-11(4-2)10-12-8-5-6-9-12;1-2/h3-5,7-9H,1-2,6,10H2;1-2H3/b11-7+;. The zero-order valence-corrected chi connectivity index (χ0v) is 9.29. The Morgan fingerprint density at radius 3 is 2.57 bits per heavy atom. The van der Waals surface area contributed by atoms with Crippen molar-refractivity contribution < 1.29 is 0 Å². The molecule has 1 rings (SSSR count). The third-order valence-corrected chi connectivity index (χ3v) is 1.85. The van der Waals surface area contributed by atoms with Crippen molar-refractivity contribution in [3.8, 4) is 0 Å². The van der Waals surface area contributed by atoms with Gasteiger partial charge in [-0.3, -0.25) is 0 Å². The lowest BCUT2D eigenvalue weighted by Gasteiger charge is -1.99. The minimum atomic E-state index is 0.978. The van der Waals surface area contributed by atoms with Crippen molar-refractivity contribution in [1.29, 1.82) is 0 Å². The van der Waals surface area contributed by atoms with Crippen LogP contribution in [-0.4, -0.2) is 0 Å². The molecule has 0 nitrogen and oxygen atoms in total. The predicted molar refractivity (Wildman–Crippen MR) is 66.3 cm³/mol. The van der Waals surface area contributed by atoms with E-state index < -0.39 is 0 Å². The Morgan fingerprint density at radius 1 is 1.43 bits per heavy atom. The fourth-order valence-electron chi connectivity index (χ4n) is 1.22. The van der Waals surface area contributed by atoms with E-state index in [1.165, 1.54) is 11.1 Å². The number of hydrogen-bond acceptors (Lipinski definition) is 0. The first-order valence-corrected chi connectivity index (χ1v) is 5.16. The van der Waals surface area contributed by atoms with E-state index in [9.17, 15) is 0 Å². The lowest BCUT2D eigenvalue weighted by atomic mass is 10.1. The lowest BCUT2D eigenvalue weighted by Crippen LogP contribution is -1.79. The zero-order chi connectivity index (χ0) is 10.8. The van der Waals surface area contributed by atoms with Crippen molar-refractivity contribution in [2.24, 2.45) is 0 Å². The van der Waals surface area contributed by atoms with Crippen molar-refractivity contribution in [2.45, 2.75) is 26.7 Å². The second kappa shape index (κ2) is 8.31. The molecule has 0 aromatic carbocycles. The van der Waals surface area contributed by atoms with Crippen molar-refractivity contribution in [2.75, 3.05) is 0 Å². The van der Waals surface area contributed by atoms with Gasteiger partial charge in [-0.2, -0.15) is 0 Å². The first-order valence-electron chi connectivity index (χ1n) is 5.16.